The lowest BCUT2D eigenvalue weighted by atomic mass is 10.1. The van der Waals surface area contributed by atoms with Crippen molar-refractivity contribution in [1.82, 2.24) is 0 Å². The Hall–Kier alpha value is -2.99. The molecule has 144 valence electrons. The van der Waals surface area contributed by atoms with Crippen LogP contribution in [0.4, 0.5) is 0 Å². The second kappa shape index (κ2) is 9.80. The summed E-state index contributed by atoms with van der Waals surface area (Å²) < 4.78 is 16.1. The van der Waals surface area contributed by atoms with Crippen LogP contribution < -0.4 is 10.2 Å². The van der Waals surface area contributed by atoms with Gasteiger partial charge < -0.3 is 13.9 Å². The van der Waals surface area contributed by atoms with Crippen LogP contribution in [-0.4, -0.2) is 12.2 Å². The topological polar surface area (TPSA) is 65.7 Å². The van der Waals surface area contributed by atoms with Crippen LogP contribution in [0, 0.1) is 0 Å². The molecule has 0 amide bonds. The van der Waals surface area contributed by atoms with Gasteiger partial charge in [-0.05, 0) is 29.5 Å². The first-order valence-electron chi connectivity index (χ1n) is 8.69. The minimum atomic E-state index is -0.470. The molecular formula is C22H20O5S. The minimum Gasteiger partial charge on any atom is -0.482 e. The lowest BCUT2D eigenvalue weighted by Crippen LogP contribution is -2.10. The molecule has 0 unspecified atom stereocenters. The predicted octanol–water partition coefficient (Wildman–Crippen LogP) is 4.44. The van der Waals surface area contributed by atoms with E-state index in [1.165, 1.54) is 12.3 Å². The molecule has 3 rings (SSSR count). The maximum Gasteiger partial charge on any atom is 0.338 e. The van der Waals surface area contributed by atoms with Crippen LogP contribution in [0.2, 0.25) is 0 Å². The monoisotopic (exact) mass is 396 g/mol. The summed E-state index contributed by atoms with van der Waals surface area (Å²) in [6.45, 7) is 0.145. The number of thioether (sulfide) groups is 1. The molecule has 0 aliphatic carbocycles. The van der Waals surface area contributed by atoms with Crippen molar-refractivity contribution in [3.8, 4) is 5.75 Å². The highest BCUT2D eigenvalue weighted by Crippen LogP contribution is 2.13. The van der Waals surface area contributed by atoms with E-state index < -0.39 is 5.97 Å². The van der Waals surface area contributed by atoms with Crippen molar-refractivity contribution in [3.05, 3.63) is 99.6 Å². The number of hydrogen-bond donors (Lipinski definition) is 0. The SMILES string of the molecule is CSCc1ccc(C(=O)OCc2cc(=O)c(OCc3ccccc3)co2)cc1. The van der Waals surface area contributed by atoms with Crippen molar-refractivity contribution in [2.24, 2.45) is 0 Å². The fraction of sp³-hybridized carbons (Fsp3) is 0.182. The number of esters is 1. The molecule has 0 fully saturated rings. The van der Waals surface area contributed by atoms with Crippen LogP contribution in [0.5, 0.6) is 5.75 Å². The van der Waals surface area contributed by atoms with E-state index in [1.54, 1.807) is 23.9 Å². The van der Waals surface area contributed by atoms with Gasteiger partial charge in [0.25, 0.3) is 0 Å². The first kappa shape index (κ1) is 19.8. The Labute approximate surface area is 167 Å². The number of rotatable bonds is 8. The second-order valence-corrected chi connectivity index (χ2v) is 6.92. The zero-order valence-electron chi connectivity index (χ0n) is 15.4. The van der Waals surface area contributed by atoms with Crippen molar-refractivity contribution in [2.45, 2.75) is 19.0 Å². The van der Waals surface area contributed by atoms with Gasteiger partial charge in [-0.2, -0.15) is 11.8 Å². The maximum atomic E-state index is 12.1. The fourth-order valence-corrected chi connectivity index (χ4v) is 3.00. The van der Waals surface area contributed by atoms with Gasteiger partial charge in [0.15, 0.2) is 0 Å². The zero-order valence-corrected chi connectivity index (χ0v) is 16.2. The molecule has 5 nitrogen and oxygen atoms in total. The minimum absolute atomic E-state index is 0.114. The Balaban J connectivity index is 1.55. The first-order valence-corrected chi connectivity index (χ1v) is 10.1. The van der Waals surface area contributed by atoms with Gasteiger partial charge in [-0.15, -0.1) is 0 Å². The summed E-state index contributed by atoms with van der Waals surface area (Å²) in [6.07, 6.45) is 3.26. The molecule has 3 aromatic rings. The highest BCUT2D eigenvalue weighted by atomic mass is 32.2. The molecule has 6 heteroatoms. The molecule has 2 aromatic carbocycles. The summed E-state index contributed by atoms with van der Waals surface area (Å²) in [5, 5.41) is 0. The Morgan fingerprint density at radius 3 is 2.43 bits per heavy atom. The van der Waals surface area contributed by atoms with E-state index in [0.29, 0.717) is 5.56 Å². The lowest BCUT2D eigenvalue weighted by Gasteiger charge is -2.07. The fourth-order valence-electron chi connectivity index (χ4n) is 2.48. The molecule has 0 saturated heterocycles. The maximum absolute atomic E-state index is 12.1. The number of carbonyl (C=O) groups is 1. The van der Waals surface area contributed by atoms with E-state index >= 15 is 0 Å². The highest BCUT2D eigenvalue weighted by Gasteiger charge is 2.10. The summed E-state index contributed by atoms with van der Waals surface area (Å²) in [4.78, 5) is 24.3. The molecule has 0 saturated carbocycles. The Morgan fingerprint density at radius 2 is 1.75 bits per heavy atom. The molecule has 1 aromatic heterocycles. The Kier molecular flexibility index (Phi) is 6.92. The number of benzene rings is 2. The lowest BCUT2D eigenvalue weighted by molar-refractivity contribution is 0.0442. The molecule has 28 heavy (non-hydrogen) atoms. The third-order valence-corrected chi connectivity index (χ3v) is 4.56. The standard InChI is InChI=1S/C22H20O5S/c1-28-15-17-7-9-18(10-8-17)22(24)27-13-19-11-20(23)21(14-25-19)26-12-16-5-3-2-4-6-16/h2-11,14H,12-13,15H2,1H3. The van der Waals surface area contributed by atoms with Crippen molar-refractivity contribution < 1.29 is 18.7 Å². The molecule has 0 radical (unpaired) electrons. The van der Waals surface area contributed by atoms with Gasteiger partial charge in [-0.1, -0.05) is 42.5 Å². The molecule has 0 N–H and O–H groups in total. The van der Waals surface area contributed by atoms with Gasteiger partial charge in [0, 0.05) is 11.8 Å². The van der Waals surface area contributed by atoms with E-state index in [2.05, 4.69) is 0 Å². The van der Waals surface area contributed by atoms with Crippen LogP contribution in [0.1, 0.15) is 27.2 Å². The normalized spacial score (nSPS) is 10.5. The van der Waals surface area contributed by atoms with E-state index in [4.69, 9.17) is 13.9 Å². The van der Waals surface area contributed by atoms with Gasteiger partial charge in [-0.25, -0.2) is 4.79 Å². The van der Waals surface area contributed by atoms with Gasteiger partial charge >= 0.3 is 5.97 Å². The molecule has 0 spiro atoms. The van der Waals surface area contributed by atoms with Crippen molar-refractivity contribution >= 4 is 17.7 Å². The Bertz CT molecular complexity index is 964. The third kappa shape index (κ3) is 5.50. The van der Waals surface area contributed by atoms with E-state index in [-0.39, 0.29) is 30.2 Å². The van der Waals surface area contributed by atoms with Crippen molar-refractivity contribution in [3.63, 3.8) is 0 Å². The smallest absolute Gasteiger partial charge is 0.338 e. The quantitative estimate of drug-likeness (QED) is 0.525. The van der Waals surface area contributed by atoms with E-state index in [1.807, 2.05) is 48.7 Å². The van der Waals surface area contributed by atoms with Crippen LogP contribution >= 0.6 is 11.8 Å². The summed E-state index contributed by atoms with van der Waals surface area (Å²) in [6, 6.07) is 18.0. The summed E-state index contributed by atoms with van der Waals surface area (Å²) in [5.41, 5.74) is 2.22. The Morgan fingerprint density at radius 1 is 1.00 bits per heavy atom. The van der Waals surface area contributed by atoms with Gasteiger partial charge in [0.2, 0.25) is 11.2 Å². The summed E-state index contributed by atoms with van der Waals surface area (Å²) >= 11 is 1.71. The number of ether oxygens (including phenoxy) is 2. The second-order valence-electron chi connectivity index (χ2n) is 6.06. The van der Waals surface area contributed by atoms with Crippen LogP contribution in [0.15, 0.2) is 76.1 Å². The summed E-state index contributed by atoms with van der Waals surface area (Å²) in [7, 11) is 0. The highest BCUT2D eigenvalue weighted by molar-refractivity contribution is 7.97. The van der Waals surface area contributed by atoms with Crippen LogP contribution in [0.25, 0.3) is 0 Å². The van der Waals surface area contributed by atoms with Crippen molar-refractivity contribution in [1.29, 1.82) is 0 Å². The average molecular weight is 396 g/mol. The molecule has 0 aliphatic rings. The third-order valence-electron chi connectivity index (χ3n) is 3.94. The van der Waals surface area contributed by atoms with Crippen LogP contribution in [-0.2, 0) is 23.7 Å². The van der Waals surface area contributed by atoms with Gasteiger partial charge in [0.05, 0.1) is 5.56 Å². The average Bonchev–Trinajstić information content (AvgIpc) is 2.73. The molecule has 0 atom stereocenters. The van der Waals surface area contributed by atoms with E-state index in [9.17, 15) is 9.59 Å². The number of hydrogen-bond acceptors (Lipinski definition) is 6. The molecule has 0 bridgehead atoms. The summed E-state index contributed by atoms with van der Waals surface area (Å²) in [5.74, 6) is 0.787. The zero-order chi connectivity index (χ0) is 19.8. The molecular weight excluding hydrogens is 376 g/mol. The molecule has 0 aliphatic heterocycles. The predicted molar refractivity (Wildman–Crippen MR) is 109 cm³/mol. The number of carbonyl (C=O) groups excluding carboxylic acids is 1. The first-order chi connectivity index (χ1) is 13.7. The van der Waals surface area contributed by atoms with Crippen molar-refractivity contribution in [2.75, 3.05) is 6.26 Å². The van der Waals surface area contributed by atoms with Gasteiger partial charge in [-0.3, -0.25) is 4.79 Å². The molecule has 1 heterocycles. The largest absolute Gasteiger partial charge is 0.482 e. The van der Waals surface area contributed by atoms with E-state index in [0.717, 1.165) is 16.9 Å². The van der Waals surface area contributed by atoms with Crippen LogP contribution in [0.3, 0.4) is 0 Å². The van der Waals surface area contributed by atoms with Gasteiger partial charge in [0.1, 0.15) is 25.2 Å².